The molecule has 3 aliphatic rings. The van der Waals surface area contributed by atoms with E-state index in [4.69, 9.17) is 9.47 Å². The topological polar surface area (TPSA) is 79.8 Å². The minimum atomic E-state index is -0.0207. The number of aromatic nitrogens is 2. The van der Waals surface area contributed by atoms with E-state index in [9.17, 15) is 4.79 Å². The van der Waals surface area contributed by atoms with Crippen LogP contribution in [0, 0.1) is 0 Å². The van der Waals surface area contributed by atoms with Gasteiger partial charge in [-0.3, -0.25) is 9.69 Å². The molecule has 1 aromatic carbocycles. The van der Waals surface area contributed by atoms with E-state index in [1.165, 1.54) is 18.5 Å². The van der Waals surface area contributed by atoms with Gasteiger partial charge in [-0.1, -0.05) is 0 Å². The van der Waals surface area contributed by atoms with Crippen LogP contribution in [0.25, 0.3) is 10.9 Å². The Morgan fingerprint density at radius 1 is 1.13 bits per heavy atom. The first kappa shape index (κ1) is 19.5. The molecule has 2 aromatic rings. The summed E-state index contributed by atoms with van der Waals surface area (Å²) in [6, 6.07) is 6.39. The zero-order chi connectivity index (χ0) is 20.3. The van der Waals surface area contributed by atoms with Crippen molar-refractivity contribution in [3.8, 4) is 5.88 Å². The van der Waals surface area contributed by atoms with E-state index in [1.54, 1.807) is 6.33 Å². The van der Waals surface area contributed by atoms with Crippen molar-refractivity contribution in [2.75, 3.05) is 50.8 Å². The molecule has 3 heterocycles. The van der Waals surface area contributed by atoms with Crippen molar-refractivity contribution >= 4 is 22.5 Å². The molecule has 0 spiro atoms. The lowest BCUT2D eigenvalue weighted by atomic mass is 10.1. The number of carbonyl (C=O) groups excluding carboxylic acids is 1. The molecule has 3 fully saturated rings. The Kier molecular flexibility index (Phi) is 5.68. The highest BCUT2D eigenvalue weighted by Gasteiger charge is 2.24. The van der Waals surface area contributed by atoms with E-state index in [0.717, 1.165) is 56.5 Å². The van der Waals surface area contributed by atoms with E-state index in [0.29, 0.717) is 12.4 Å². The normalized spacial score (nSPS) is 23.7. The number of benzene rings is 1. The van der Waals surface area contributed by atoms with Crippen molar-refractivity contribution in [2.45, 2.75) is 37.9 Å². The number of hydrogen-bond donors (Lipinski definition) is 1. The first-order valence-corrected chi connectivity index (χ1v) is 11.0. The fourth-order valence-electron chi connectivity index (χ4n) is 4.60. The first-order valence-electron chi connectivity index (χ1n) is 11.0. The van der Waals surface area contributed by atoms with Gasteiger partial charge in [0, 0.05) is 45.0 Å². The zero-order valence-electron chi connectivity index (χ0n) is 17.3. The van der Waals surface area contributed by atoms with Crippen molar-refractivity contribution in [1.82, 2.24) is 20.2 Å². The predicted octanol–water partition coefficient (Wildman–Crippen LogP) is 1.59. The van der Waals surface area contributed by atoms with Gasteiger partial charge in [-0.2, -0.15) is 0 Å². The SMILES string of the molecule is O=C1COC(CN2CCN(c3ccc4ncnc(OC5CCCC5)c4c3)CC2)CN1. The Morgan fingerprint density at radius 3 is 2.73 bits per heavy atom. The quantitative estimate of drug-likeness (QED) is 0.800. The summed E-state index contributed by atoms with van der Waals surface area (Å²) in [5.74, 6) is 0.691. The molecule has 8 heteroatoms. The maximum absolute atomic E-state index is 11.2. The number of hydrogen-bond acceptors (Lipinski definition) is 7. The Hall–Kier alpha value is -2.45. The van der Waals surface area contributed by atoms with Crippen LogP contribution in [0.15, 0.2) is 24.5 Å². The Bertz CT molecular complexity index is 883. The van der Waals surface area contributed by atoms with Crippen LogP contribution in [-0.4, -0.2) is 78.9 Å². The molecule has 5 rings (SSSR count). The van der Waals surface area contributed by atoms with Crippen LogP contribution < -0.4 is 15.0 Å². The molecule has 1 saturated carbocycles. The number of morpholine rings is 1. The van der Waals surface area contributed by atoms with E-state index in [2.05, 4.69) is 43.3 Å². The minimum absolute atomic E-state index is 0.0207. The summed E-state index contributed by atoms with van der Waals surface area (Å²) in [6.45, 7) is 5.50. The van der Waals surface area contributed by atoms with Crippen molar-refractivity contribution in [1.29, 1.82) is 0 Å². The second-order valence-corrected chi connectivity index (χ2v) is 8.43. The van der Waals surface area contributed by atoms with E-state index >= 15 is 0 Å². The standard InChI is InChI=1S/C22H29N5O3/c28-21-14-29-18(12-23-21)13-26-7-9-27(10-8-26)16-5-6-20-19(11-16)22(25-15-24-20)30-17-3-1-2-4-17/h5-6,11,15,17-18H,1-4,7-10,12-14H2,(H,23,28). The van der Waals surface area contributed by atoms with Crippen LogP contribution in [-0.2, 0) is 9.53 Å². The molecule has 1 aromatic heterocycles. The van der Waals surface area contributed by atoms with Crippen molar-refractivity contribution in [2.24, 2.45) is 0 Å². The highest BCUT2D eigenvalue weighted by Crippen LogP contribution is 2.30. The van der Waals surface area contributed by atoms with Gasteiger partial charge in [-0.15, -0.1) is 0 Å². The second kappa shape index (κ2) is 8.73. The molecule has 1 N–H and O–H groups in total. The van der Waals surface area contributed by atoms with Crippen molar-refractivity contribution in [3.05, 3.63) is 24.5 Å². The number of rotatable bonds is 5. The number of piperazine rings is 1. The summed E-state index contributed by atoms with van der Waals surface area (Å²) < 4.78 is 11.8. The third-order valence-electron chi connectivity index (χ3n) is 6.34. The predicted molar refractivity (Wildman–Crippen MR) is 114 cm³/mol. The van der Waals surface area contributed by atoms with Crippen LogP contribution in [0.1, 0.15) is 25.7 Å². The van der Waals surface area contributed by atoms with E-state index in [-0.39, 0.29) is 24.7 Å². The average Bonchev–Trinajstić information content (AvgIpc) is 3.29. The molecule has 30 heavy (non-hydrogen) atoms. The molecule has 8 nitrogen and oxygen atoms in total. The maximum atomic E-state index is 11.2. The van der Waals surface area contributed by atoms with Crippen LogP contribution >= 0.6 is 0 Å². The smallest absolute Gasteiger partial charge is 0.246 e. The fraction of sp³-hybridized carbons (Fsp3) is 0.591. The van der Waals surface area contributed by atoms with Gasteiger partial charge in [0.25, 0.3) is 0 Å². The van der Waals surface area contributed by atoms with Gasteiger partial charge >= 0.3 is 0 Å². The molecule has 0 bridgehead atoms. The molecule has 1 atom stereocenters. The first-order chi connectivity index (χ1) is 14.7. The van der Waals surface area contributed by atoms with Crippen LogP contribution in [0.5, 0.6) is 5.88 Å². The monoisotopic (exact) mass is 411 g/mol. The van der Waals surface area contributed by atoms with Gasteiger partial charge < -0.3 is 19.7 Å². The van der Waals surface area contributed by atoms with Gasteiger partial charge in [-0.05, 0) is 43.9 Å². The lowest BCUT2D eigenvalue weighted by Crippen LogP contribution is -2.52. The molecular formula is C22H29N5O3. The number of nitrogens with zero attached hydrogens (tertiary/aromatic N) is 4. The van der Waals surface area contributed by atoms with Crippen molar-refractivity contribution in [3.63, 3.8) is 0 Å². The molecule has 160 valence electrons. The van der Waals surface area contributed by atoms with E-state index in [1.807, 2.05) is 0 Å². The molecule has 2 aliphatic heterocycles. The lowest BCUT2D eigenvalue weighted by Gasteiger charge is -2.38. The molecule has 2 saturated heterocycles. The molecular weight excluding hydrogens is 382 g/mol. The number of carbonyl (C=O) groups is 1. The molecule has 1 unspecified atom stereocenters. The number of anilines is 1. The van der Waals surface area contributed by atoms with Crippen LogP contribution in [0.2, 0.25) is 0 Å². The Morgan fingerprint density at radius 2 is 1.97 bits per heavy atom. The van der Waals surface area contributed by atoms with Crippen LogP contribution in [0.4, 0.5) is 5.69 Å². The maximum Gasteiger partial charge on any atom is 0.246 e. The van der Waals surface area contributed by atoms with Gasteiger partial charge in [0.2, 0.25) is 11.8 Å². The summed E-state index contributed by atoms with van der Waals surface area (Å²) >= 11 is 0. The van der Waals surface area contributed by atoms with Gasteiger partial charge in [0.15, 0.2) is 0 Å². The molecule has 1 aliphatic carbocycles. The Labute approximate surface area is 176 Å². The summed E-state index contributed by atoms with van der Waals surface area (Å²) in [4.78, 5) is 24.9. The highest BCUT2D eigenvalue weighted by atomic mass is 16.5. The summed E-state index contributed by atoms with van der Waals surface area (Å²) in [7, 11) is 0. The van der Waals surface area contributed by atoms with Gasteiger partial charge in [-0.25, -0.2) is 9.97 Å². The third-order valence-corrected chi connectivity index (χ3v) is 6.34. The second-order valence-electron chi connectivity index (χ2n) is 8.43. The minimum Gasteiger partial charge on any atom is -0.474 e. The Balaban J connectivity index is 1.23. The summed E-state index contributed by atoms with van der Waals surface area (Å²) in [6.07, 6.45) is 6.66. The highest BCUT2D eigenvalue weighted by molar-refractivity contribution is 5.86. The number of nitrogens with one attached hydrogen (secondary N) is 1. The summed E-state index contributed by atoms with van der Waals surface area (Å²) in [5, 5.41) is 3.88. The van der Waals surface area contributed by atoms with E-state index < -0.39 is 0 Å². The average molecular weight is 412 g/mol. The summed E-state index contributed by atoms with van der Waals surface area (Å²) in [5.41, 5.74) is 2.12. The van der Waals surface area contributed by atoms with Crippen molar-refractivity contribution < 1.29 is 14.3 Å². The number of ether oxygens (including phenoxy) is 2. The fourth-order valence-corrected chi connectivity index (χ4v) is 4.60. The molecule has 1 amide bonds. The molecule has 0 radical (unpaired) electrons. The third kappa shape index (κ3) is 4.34. The number of amides is 1. The van der Waals surface area contributed by atoms with Gasteiger partial charge in [0.05, 0.1) is 17.0 Å². The number of fused-ring (bicyclic) bond motifs is 1. The zero-order valence-corrected chi connectivity index (χ0v) is 17.3. The lowest BCUT2D eigenvalue weighted by molar-refractivity contribution is -0.133. The van der Waals surface area contributed by atoms with Gasteiger partial charge in [0.1, 0.15) is 19.0 Å². The largest absolute Gasteiger partial charge is 0.474 e. The van der Waals surface area contributed by atoms with Crippen LogP contribution in [0.3, 0.4) is 0 Å².